The Morgan fingerprint density at radius 1 is 1.36 bits per heavy atom. The number of hydrogen-bond donors (Lipinski definition) is 1. The monoisotopic (exact) mass is 201 g/mol. The maximum absolute atomic E-state index is 11.5. The zero-order valence-corrected chi connectivity index (χ0v) is 9.12. The van der Waals surface area contributed by atoms with Crippen LogP contribution in [0.25, 0.3) is 0 Å². The van der Waals surface area contributed by atoms with Crippen LogP contribution >= 0.6 is 0 Å². The summed E-state index contributed by atoms with van der Waals surface area (Å²) in [5.74, 6) is -0.495. The summed E-state index contributed by atoms with van der Waals surface area (Å²) in [6.07, 6.45) is 0.519. The summed E-state index contributed by atoms with van der Waals surface area (Å²) >= 11 is 0. The van der Waals surface area contributed by atoms with Gasteiger partial charge >= 0.3 is 5.97 Å². The van der Waals surface area contributed by atoms with Gasteiger partial charge in [-0.3, -0.25) is 9.59 Å². The third-order valence-electron chi connectivity index (χ3n) is 1.91. The molecule has 0 spiro atoms. The van der Waals surface area contributed by atoms with Gasteiger partial charge in [-0.15, -0.1) is 0 Å². The number of amides is 1. The van der Waals surface area contributed by atoms with Crippen LogP contribution in [0.2, 0.25) is 0 Å². The predicted molar refractivity (Wildman–Crippen MR) is 54.0 cm³/mol. The second-order valence-electron chi connectivity index (χ2n) is 3.72. The van der Waals surface area contributed by atoms with Crippen molar-refractivity contribution >= 4 is 11.9 Å². The maximum Gasteiger partial charge on any atom is 0.305 e. The predicted octanol–water partition coefficient (Wildman–Crippen LogP) is 1.36. The highest BCUT2D eigenvalue weighted by molar-refractivity contribution is 5.77. The van der Waals surface area contributed by atoms with E-state index in [1.165, 1.54) is 0 Å². The van der Waals surface area contributed by atoms with Crippen LogP contribution in [-0.4, -0.2) is 35.0 Å². The lowest BCUT2D eigenvalue weighted by atomic mass is 10.1. The number of carboxylic acids is 1. The molecule has 0 fully saturated rings. The Bertz CT molecular complexity index is 202. The number of carbonyl (C=O) groups excluding carboxylic acids is 1. The molecule has 14 heavy (non-hydrogen) atoms. The first-order valence-corrected chi connectivity index (χ1v) is 4.97. The molecule has 0 rings (SSSR count). The normalized spacial score (nSPS) is 10.3. The zero-order chi connectivity index (χ0) is 11.1. The van der Waals surface area contributed by atoms with E-state index in [1.807, 2.05) is 20.8 Å². The van der Waals surface area contributed by atoms with Crippen molar-refractivity contribution in [1.82, 2.24) is 4.90 Å². The lowest BCUT2D eigenvalue weighted by molar-refractivity contribution is -0.138. The molecular weight excluding hydrogens is 182 g/mol. The van der Waals surface area contributed by atoms with Crippen LogP contribution in [0.4, 0.5) is 0 Å². The Morgan fingerprint density at radius 3 is 2.29 bits per heavy atom. The van der Waals surface area contributed by atoms with Gasteiger partial charge in [-0.2, -0.15) is 0 Å². The summed E-state index contributed by atoms with van der Waals surface area (Å²) in [6, 6.07) is 0. The average Bonchev–Trinajstić information content (AvgIpc) is 2.03. The van der Waals surface area contributed by atoms with E-state index in [0.29, 0.717) is 25.4 Å². The minimum Gasteiger partial charge on any atom is -0.481 e. The summed E-state index contributed by atoms with van der Waals surface area (Å²) in [5.41, 5.74) is 0. The highest BCUT2D eigenvalue weighted by atomic mass is 16.4. The van der Waals surface area contributed by atoms with E-state index in [0.717, 1.165) is 0 Å². The molecule has 0 heterocycles. The third-order valence-corrected chi connectivity index (χ3v) is 1.91. The molecule has 0 aromatic rings. The van der Waals surface area contributed by atoms with E-state index in [-0.39, 0.29) is 12.3 Å². The van der Waals surface area contributed by atoms with E-state index < -0.39 is 5.97 Å². The van der Waals surface area contributed by atoms with Crippen LogP contribution in [0.5, 0.6) is 0 Å². The van der Waals surface area contributed by atoms with Crippen molar-refractivity contribution in [1.29, 1.82) is 0 Å². The summed E-state index contributed by atoms with van der Waals surface area (Å²) in [6.45, 7) is 6.71. The molecule has 0 saturated carbocycles. The van der Waals surface area contributed by atoms with Crippen LogP contribution < -0.4 is 0 Å². The summed E-state index contributed by atoms with van der Waals surface area (Å²) in [4.78, 5) is 23.4. The highest BCUT2D eigenvalue weighted by Crippen LogP contribution is 2.04. The fraction of sp³-hybridized carbons (Fsp3) is 0.800. The molecule has 0 saturated heterocycles. The minimum atomic E-state index is -0.860. The van der Waals surface area contributed by atoms with Crippen LogP contribution in [0, 0.1) is 5.92 Å². The Kier molecular flexibility index (Phi) is 5.92. The first kappa shape index (κ1) is 12.9. The van der Waals surface area contributed by atoms with E-state index in [2.05, 4.69) is 0 Å². The number of hydrogen-bond acceptors (Lipinski definition) is 2. The standard InChI is InChI=1S/C10H19NO3/c1-4-11(6-5-10(13)14)9(12)7-8(2)3/h8H,4-7H2,1-3H3,(H,13,14). The van der Waals surface area contributed by atoms with Crippen molar-refractivity contribution in [3.63, 3.8) is 0 Å². The number of carbonyl (C=O) groups is 2. The first-order chi connectivity index (χ1) is 6.47. The largest absolute Gasteiger partial charge is 0.481 e. The van der Waals surface area contributed by atoms with Crippen molar-refractivity contribution < 1.29 is 14.7 Å². The van der Waals surface area contributed by atoms with Gasteiger partial charge in [0.05, 0.1) is 6.42 Å². The Balaban J connectivity index is 3.99. The van der Waals surface area contributed by atoms with Crippen LogP contribution in [0.3, 0.4) is 0 Å². The molecule has 4 nitrogen and oxygen atoms in total. The van der Waals surface area contributed by atoms with Gasteiger partial charge in [0.2, 0.25) is 5.91 Å². The molecule has 0 aromatic carbocycles. The Labute approximate surface area is 84.9 Å². The third kappa shape index (κ3) is 5.56. The molecule has 0 unspecified atom stereocenters. The van der Waals surface area contributed by atoms with E-state index in [1.54, 1.807) is 4.90 Å². The second-order valence-corrected chi connectivity index (χ2v) is 3.72. The molecule has 4 heteroatoms. The average molecular weight is 201 g/mol. The van der Waals surface area contributed by atoms with Gasteiger partial charge < -0.3 is 10.0 Å². The summed E-state index contributed by atoms with van der Waals surface area (Å²) in [7, 11) is 0. The molecule has 0 atom stereocenters. The molecule has 0 bridgehead atoms. The summed E-state index contributed by atoms with van der Waals surface area (Å²) in [5, 5.41) is 8.48. The first-order valence-electron chi connectivity index (χ1n) is 4.97. The van der Waals surface area contributed by atoms with Crippen LogP contribution in [0.15, 0.2) is 0 Å². The molecule has 0 aliphatic carbocycles. The van der Waals surface area contributed by atoms with E-state index in [9.17, 15) is 9.59 Å². The van der Waals surface area contributed by atoms with Crippen molar-refractivity contribution in [2.45, 2.75) is 33.6 Å². The highest BCUT2D eigenvalue weighted by Gasteiger charge is 2.13. The fourth-order valence-corrected chi connectivity index (χ4v) is 1.17. The molecule has 0 aliphatic heterocycles. The quantitative estimate of drug-likeness (QED) is 0.705. The van der Waals surface area contributed by atoms with Crippen molar-refractivity contribution in [2.75, 3.05) is 13.1 Å². The molecule has 0 aliphatic rings. The molecule has 0 aromatic heterocycles. The van der Waals surface area contributed by atoms with Gasteiger partial charge in [0, 0.05) is 19.5 Å². The second kappa shape index (κ2) is 6.40. The topological polar surface area (TPSA) is 57.6 Å². The Hall–Kier alpha value is -1.06. The van der Waals surface area contributed by atoms with Crippen molar-refractivity contribution in [3.8, 4) is 0 Å². The maximum atomic E-state index is 11.5. The number of aliphatic carboxylic acids is 1. The molecule has 82 valence electrons. The number of rotatable bonds is 6. The van der Waals surface area contributed by atoms with Gasteiger partial charge in [-0.1, -0.05) is 13.8 Å². The molecule has 1 amide bonds. The van der Waals surface area contributed by atoms with Crippen molar-refractivity contribution in [2.24, 2.45) is 5.92 Å². The fourth-order valence-electron chi connectivity index (χ4n) is 1.17. The SMILES string of the molecule is CCN(CCC(=O)O)C(=O)CC(C)C. The molecular formula is C10H19NO3. The van der Waals surface area contributed by atoms with Gasteiger partial charge in [0.25, 0.3) is 0 Å². The Morgan fingerprint density at radius 2 is 1.93 bits per heavy atom. The van der Waals surface area contributed by atoms with Crippen LogP contribution in [0.1, 0.15) is 33.6 Å². The summed E-state index contributed by atoms with van der Waals surface area (Å²) < 4.78 is 0. The zero-order valence-electron chi connectivity index (χ0n) is 9.12. The number of nitrogens with zero attached hydrogens (tertiary/aromatic N) is 1. The van der Waals surface area contributed by atoms with Gasteiger partial charge in [0.1, 0.15) is 0 Å². The molecule has 0 radical (unpaired) electrons. The van der Waals surface area contributed by atoms with Crippen molar-refractivity contribution in [3.05, 3.63) is 0 Å². The number of carboxylic acid groups (broad SMARTS) is 1. The lowest BCUT2D eigenvalue weighted by Crippen LogP contribution is -2.33. The van der Waals surface area contributed by atoms with E-state index in [4.69, 9.17) is 5.11 Å². The smallest absolute Gasteiger partial charge is 0.305 e. The lowest BCUT2D eigenvalue weighted by Gasteiger charge is -2.20. The molecule has 1 N–H and O–H groups in total. The van der Waals surface area contributed by atoms with Gasteiger partial charge in [0.15, 0.2) is 0 Å². The minimum absolute atomic E-state index is 0.0255. The van der Waals surface area contributed by atoms with Gasteiger partial charge in [-0.05, 0) is 12.8 Å². The van der Waals surface area contributed by atoms with E-state index >= 15 is 0 Å². The van der Waals surface area contributed by atoms with Gasteiger partial charge in [-0.25, -0.2) is 0 Å². The van der Waals surface area contributed by atoms with Crippen LogP contribution in [-0.2, 0) is 9.59 Å².